The molecule has 3 heteroatoms. The Morgan fingerprint density at radius 1 is 1.36 bits per heavy atom. The highest BCUT2D eigenvalue weighted by Gasteiger charge is 1.97. The first kappa shape index (κ1) is 12.9. The fourth-order valence-electron chi connectivity index (χ4n) is 0. The second-order valence-electron chi connectivity index (χ2n) is 2.34. The van der Waals surface area contributed by atoms with Crippen LogP contribution in [-0.2, 0) is 9.59 Å². The first-order valence-electron chi connectivity index (χ1n) is 3.59. The quantitative estimate of drug-likeness (QED) is 0.654. The number of rotatable bonds is 2. The molecule has 0 saturated carbocycles. The number of ketones is 2. The van der Waals surface area contributed by atoms with Crippen molar-refractivity contribution in [3.63, 3.8) is 0 Å². The van der Waals surface area contributed by atoms with Gasteiger partial charge in [0, 0.05) is 6.42 Å². The molecule has 0 spiro atoms. The minimum absolute atomic E-state index is 0.185. The maximum absolute atomic E-state index is 9.89. The SMILES string of the molecule is CC(=O)C(C)O.CCC(C)=O. The van der Waals surface area contributed by atoms with Gasteiger partial charge >= 0.3 is 0 Å². The van der Waals surface area contributed by atoms with Crippen molar-refractivity contribution < 1.29 is 14.7 Å². The lowest BCUT2D eigenvalue weighted by Gasteiger charge is -1.90. The number of aliphatic hydroxyl groups is 1. The molecule has 0 aliphatic heterocycles. The molecular weight excluding hydrogens is 144 g/mol. The van der Waals surface area contributed by atoms with E-state index in [0.717, 1.165) is 0 Å². The number of hydrogen-bond acceptors (Lipinski definition) is 3. The predicted octanol–water partition coefficient (Wildman–Crippen LogP) is 0.942. The van der Waals surface area contributed by atoms with E-state index in [9.17, 15) is 9.59 Å². The summed E-state index contributed by atoms with van der Waals surface area (Å²) in [6, 6.07) is 0. The van der Waals surface area contributed by atoms with Crippen molar-refractivity contribution in [3.05, 3.63) is 0 Å². The summed E-state index contributed by atoms with van der Waals surface area (Å²) in [6.45, 7) is 6.23. The molecule has 1 unspecified atom stereocenters. The molecule has 0 saturated heterocycles. The molecule has 0 aromatic rings. The summed E-state index contributed by atoms with van der Waals surface area (Å²) in [7, 11) is 0. The minimum atomic E-state index is -0.787. The molecule has 0 heterocycles. The van der Waals surface area contributed by atoms with Gasteiger partial charge < -0.3 is 9.90 Å². The van der Waals surface area contributed by atoms with E-state index in [2.05, 4.69) is 0 Å². The van der Waals surface area contributed by atoms with Crippen molar-refractivity contribution in [3.8, 4) is 0 Å². The van der Waals surface area contributed by atoms with E-state index >= 15 is 0 Å². The zero-order chi connectivity index (χ0) is 9.44. The van der Waals surface area contributed by atoms with Gasteiger partial charge in [-0.25, -0.2) is 0 Å². The largest absolute Gasteiger partial charge is 0.386 e. The second-order valence-corrected chi connectivity index (χ2v) is 2.34. The number of Topliss-reactive ketones (excluding diaryl/α,β-unsaturated/α-hetero) is 2. The zero-order valence-corrected chi connectivity index (χ0v) is 7.55. The molecule has 0 rings (SSSR count). The summed E-state index contributed by atoms with van der Waals surface area (Å²) in [5.41, 5.74) is 0. The number of aliphatic hydroxyl groups excluding tert-OH is 1. The Kier molecular flexibility index (Phi) is 8.71. The topological polar surface area (TPSA) is 54.4 Å². The van der Waals surface area contributed by atoms with E-state index in [-0.39, 0.29) is 11.6 Å². The van der Waals surface area contributed by atoms with Crippen molar-refractivity contribution >= 4 is 11.6 Å². The van der Waals surface area contributed by atoms with Crippen LogP contribution in [0.2, 0.25) is 0 Å². The molecular formula is C8H16O3. The smallest absolute Gasteiger partial charge is 0.157 e. The van der Waals surface area contributed by atoms with Crippen LogP contribution in [0.15, 0.2) is 0 Å². The van der Waals surface area contributed by atoms with Gasteiger partial charge in [0.05, 0.1) is 0 Å². The highest BCUT2D eigenvalue weighted by molar-refractivity contribution is 5.79. The van der Waals surface area contributed by atoms with E-state index in [1.165, 1.54) is 13.8 Å². The summed E-state index contributed by atoms with van der Waals surface area (Å²) in [5.74, 6) is 0.0694. The van der Waals surface area contributed by atoms with Crippen LogP contribution in [0, 0.1) is 0 Å². The standard InChI is InChI=1S/C4H8O2.C4H8O/c1-3(5)4(2)6;1-3-4(2)5/h3,5H,1-2H3;3H2,1-2H3. The first-order chi connectivity index (χ1) is 4.91. The van der Waals surface area contributed by atoms with Crippen LogP contribution in [-0.4, -0.2) is 22.8 Å². The lowest BCUT2D eigenvalue weighted by Crippen LogP contribution is -2.10. The van der Waals surface area contributed by atoms with Crippen molar-refractivity contribution in [1.82, 2.24) is 0 Å². The van der Waals surface area contributed by atoms with Crippen LogP contribution in [0.25, 0.3) is 0 Å². The predicted molar refractivity (Wildman–Crippen MR) is 43.3 cm³/mol. The lowest BCUT2D eigenvalue weighted by molar-refractivity contribution is -0.124. The van der Waals surface area contributed by atoms with Crippen molar-refractivity contribution in [2.24, 2.45) is 0 Å². The average Bonchev–Trinajstić information content (AvgIpc) is 1.89. The normalized spacial score (nSPS) is 11.0. The van der Waals surface area contributed by atoms with Crippen molar-refractivity contribution in [2.75, 3.05) is 0 Å². The molecule has 0 aliphatic rings. The maximum Gasteiger partial charge on any atom is 0.157 e. The third kappa shape index (κ3) is 17.6. The average molecular weight is 160 g/mol. The lowest BCUT2D eigenvalue weighted by atomic mass is 10.3. The minimum Gasteiger partial charge on any atom is -0.386 e. The van der Waals surface area contributed by atoms with Gasteiger partial charge in [0.1, 0.15) is 11.9 Å². The van der Waals surface area contributed by atoms with Crippen LogP contribution in [0.3, 0.4) is 0 Å². The molecule has 0 amide bonds. The van der Waals surface area contributed by atoms with Gasteiger partial charge in [0.2, 0.25) is 0 Å². The number of carbonyl (C=O) groups excluding carboxylic acids is 2. The van der Waals surface area contributed by atoms with Gasteiger partial charge in [-0.05, 0) is 20.8 Å². The summed E-state index contributed by atoms with van der Waals surface area (Å²) in [5, 5.41) is 8.28. The summed E-state index contributed by atoms with van der Waals surface area (Å²) < 4.78 is 0. The van der Waals surface area contributed by atoms with Gasteiger partial charge in [-0.1, -0.05) is 6.92 Å². The monoisotopic (exact) mass is 160 g/mol. The van der Waals surface area contributed by atoms with Crippen LogP contribution in [0.4, 0.5) is 0 Å². The Balaban J connectivity index is 0. The molecule has 0 aromatic heterocycles. The Hall–Kier alpha value is -0.700. The Morgan fingerprint density at radius 3 is 1.55 bits per heavy atom. The summed E-state index contributed by atoms with van der Waals surface area (Å²) in [6.07, 6.45) is -0.120. The molecule has 0 radical (unpaired) electrons. The molecule has 0 fully saturated rings. The highest BCUT2D eigenvalue weighted by atomic mass is 16.3. The van der Waals surface area contributed by atoms with E-state index in [0.29, 0.717) is 6.42 Å². The molecule has 1 atom stereocenters. The zero-order valence-electron chi connectivity index (χ0n) is 7.55. The molecule has 0 aliphatic carbocycles. The summed E-state index contributed by atoms with van der Waals surface area (Å²) >= 11 is 0. The Morgan fingerprint density at radius 2 is 1.55 bits per heavy atom. The number of carbonyl (C=O) groups is 2. The molecule has 11 heavy (non-hydrogen) atoms. The summed E-state index contributed by atoms with van der Waals surface area (Å²) in [4.78, 5) is 19.7. The molecule has 66 valence electrons. The van der Waals surface area contributed by atoms with Gasteiger partial charge in [-0.3, -0.25) is 4.79 Å². The van der Waals surface area contributed by atoms with E-state index in [4.69, 9.17) is 5.11 Å². The van der Waals surface area contributed by atoms with Crippen molar-refractivity contribution in [1.29, 1.82) is 0 Å². The Bertz CT molecular complexity index is 127. The third-order valence-corrected chi connectivity index (χ3v) is 1.09. The van der Waals surface area contributed by atoms with Gasteiger partial charge in [-0.2, -0.15) is 0 Å². The van der Waals surface area contributed by atoms with Gasteiger partial charge in [0.15, 0.2) is 5.78 Å². The molecule has 0 aromatic carbocycles. The molecule has 0 bridgehead atoms. The molecule has 3 nitrogen and oxygen atoms in total. The number of hydrogen-bond donors (Lipinski definition) is 1. The van der Waals surface area contributed by atoms with E-state index in [1.54, 1.807) is 6.92 Å². The Labute approximate surface area is 67.4 Å². The van der Waals surface area contributed by atoms with Crippen LogP contribution in [0.5, 0.6) is 0 Å². The molecule has 1 N–H and O–H groups in total. The maximum atomic E-state index is 9.89. The van der Waals surface area contributed by atoms with Crippen LogP contribution >= 0.6 is 0 Å². The fraction of sp³-hybridized carbons (Fsp3) is 0.750. The van der Waals surface area contributed by atoms with Crippen LogP contribution < -0.4 is 0 Å². The van der Waals surface area contributed by atoms with Gasteiger partial charge in [0.25, 0.3) is 0 Å². The first-order valence-corrected chi connectivity index (χ1v) is 3.59. The van der Waals surface area contributed by atoms with E-state index < -0.39 is 6.10 Å². The van der Waals surface area contributed by atoms with E-state index in [1.807, 2.05) is 6.92 Å². The fourth-order valence-corrected chi connectivity index (χ4v) is 0. The second kappa shape index (κ2) is 7.41. The van der Waals surface area contributed by atoms with Crippen molar-refractivity contribution in [2.45, 2.75) is 40.2 Å². The van der Waals surface area contributed by atoms with Gasteiger partial charge in [-0.15, -0.1) is 0 Å². The van der Waals surface area contributed by atoms with Crippen LogP contribution in [0.1, 0.15) is 34.1 Å². The third-order valence-electron chi connectivity index (χ3n) is 1.09. The highest BCUT2D eigenvalue weighted by Crippen LogP contribution is 1.76.